The molecule has 1 aromatic carbocycles. The number of nitrogens with zero attached hydrogens (tertiary/aromatic N) is 3. The number of para-hydroxylation sites is 1. The number of hydrogen-bond acceptors (Lipinski definition) is 3. The molecule has 0 unspecified atom stereocenters. The van der Waals surface area contributed by atoms with Gasteiger partial charge in [0.2, 0.25) is 0 Å². The maximum atomic E-state index is 5.72. The minimum Gasteiger partial charge on any atom is -0.330 e. The third-order valence-electron chi connectivity index (χ3n) is 2.77. The first-order valence-electron chi connectivity index (χ1n) is 5.77. The van der Waals surface area contributed by atoms with E-state index in [1.807, 2.05) is 36.5 Å². The third-order valence-corrected chi connectivity index (χ3v) is 2.77. The van der Waals surface area contributed by atoms with Crippen LogP contribution in [0.3, 0.4) is 0 Å². The Morgan fingerprint density at radius 3 is 2.59 bits per heavy atom. The Bertz CT molecular complexity index is 473. The van der Waals surface area contributed by atoms with Gasteiger partial charge in [-0.1, -0.05) is 37.3 Å². The molecule has 0 spiro atoms. The first-order chi connectivity index (χ1) is 8.11. The number of nitrogens with two attached hydrogens (primary N) is 1. The third kappa shape index (κ3) is 2.91. The monoisotopic (exact) mass is 230 g/mol. The van der Waals surface area contributed by atoms with Crippen LogP contribution in [0.4, 0.5) is 0 Å². The van der Waals surface area contributed by atoms with E-state index in [0.717, 1.165) is 17.8 Å². The van der Waals surface area contributed by atoms with Gasteiger partial charge < -0.3 is 5.73 Å². The maximum absolute atomic E-state index is 5.72. The lowest BCUT2D eigenvalue weighted by Gasteiger charge is -2.20. The molecule has 17 heavy (non-hydrogen) atoms. The van der Waals surface area contributed by atoms with E-state index in [1.54, 1.807) is 4.68 Å². The summed E-state index contributed by atoms with van der Waals surface area (Å²) >= 11 is 0. The van der Waals surface area contributed by atoms with Crippen molar-refractivity contribution in [3.63, 3.8) is 0 Å². The van der Waals surface area contributed by atoms with Gasteiger partial charge in [-0.05, 0) is 30.5 Å². The van der Waals surface area contributed by atoms with Gasteiger partial charge >= 0.3 is 0 Å². The summed E-state index contributed by atoms with van der Waals surface area (Å²) in [5, 5.41) is 8.31. The molecule has 0 fully saturated rings. The average molecular weight is 230 g/mol. The molecule has 2 aromatic rings. The van der Waals surface area contributed by atoms with Crippen molar-refractivity contribution in [3.05, 3.63) is 42.2 Å². The van der Waals surface area contributed by atoms with Crippen LogP contribution in [0.2, 0.25) is 0 Å². The summed E-state index contributed by atoms with van der Waals surface area (Å²) in [7, 11) is 0. The fourth-order valence-corrected chi connectivity index (χ4v) is 1.65. The van der Waals surface area contributed by atoms with E-state index < -0.39 is 0 Å². The molecule has 1 heterocycles. The standard InChI is InChI=1S/C13H18N4/c1-13(2,10-14)8-11-9-17(16-15-11)12-6-4-3-5-7-12/h3-7,9H,8,10,14H2,1-2H3. The SMILES string of the molecule is CC(C)(CN)Cc1cn(-c2ccccc2)nn1. The molecule has 0 aliphatic heterocycles. The second kappa shape index (κ2) is 4.67. The van der Waals surface area contributed by atoms with Gasteiger partial charge in [-0.3, -0.25) is 0 Å². The van der Waals surface area contributed by atoms with Gasteiger partial charge in [0.15, 0.2) is 0 Å². The van der Waals surface area contributed by atoms with Crippen LogP contribution in [0.1, 0.15) is 19.5 Å². The molecule has 0 bridgehead atoms. The predicted molar refractivity (Wildman–Crippen MR) is 67.9 cm³/mol. The topological polar surface area (TPSA) is 56.7 Å². The molecule has 0 aliphatic carbocycles. The van der Waals surface area contributed by atoms with E-state index in [2.05, 4.69) is 24.2 Å². The molecule has 90 valence electrons. The molecule has 0 amide bonds. The molecule has 2 rings (SSSR count). The van der Waals surface area contributed by atoms with Crippen molar-refractivity contribution in [2.75, 3.05) is 6.54 Å². The molecule has 4 nitrogen and oxygen atoms in total. The molecule has 0 radical (unpaired) electrons. The smallest absolute Gasteiger partial charge is 0.0837 e. The minimum atomic E-state index is 0.0670. The van der Waals surface area contributed by atoms with E-state index in [9.17, 15) is 0 Å². The lowest BCUT2D eigenvalue weighted by molar-refractivity contribution is 0.372. The van der Waals surface area contributed by atoms with Gasteiger partial charge in [-0.25, -0.2) is 4.68 Å². The highest BCUT2D eigenvalue weighted by Crippen LogP contribution is 2.19. The summed E-state index contributed by atoms with van der Waals surface area (Å²) in [6.07, 6.45) is 2.81. The summed E-state index contributed by atoms with van der Waals surface area (Å²) in [6, 6.07) is 9.97. The van der Waals surface area contributed by atoms with Crippen LogP contribution in [0, 0.1) is 5.41 Å². The van der Waals surface area contributed by atoms with Crippen LogP contribution in [-0.4, -0.2) is 21.5 Å². The number of aromatic nitrogens is 3. The highest BCUT2D eigenvalue weighted by Gasteiger charge is 2.18. The van der Waals surface area contributed by atoms with Gasteiger partial charge in [0.1, 0.15) is 0 Å². The van der Waals surface area contributed by atoms with Crippen molar-refractivity contribution in [1.29, 1.82) is 0 Å². The highest BCUT2D eigenvalue weighted by molar-refractivity contribution is 5.29. The fraction of sp³-hybridized carbons (Fsp3) is 0.385. The number of hydrogen-bond donors (Lipinski definition) is 1. The molecule has 0 saturated carbocycles. The lowest BCUT2D eigenvalue weighted by atomic mass is 9.88. The minimum absolute atomic E-state index is 0.0670. The lowest BCUT2D eigenvalue weighted by Crippen LogP contribution is -2.26. The predicted octanol–water partition coefficient (Wildman–Crippen LogP) is 1.79. The summed E-state index contributed by atoms with van der Waals surface area (Å²) in [4.78, 5) is 0. The van der Waals surface area contributed by atoms with Crippen LogP contribution < -0.4 is 5.73 Å². The van der Waals surface area contributed by atoms with Crippen LogP contribution in [0.15, 0.2) is 36.5 Å². The van der Waals surface area contributed by atoms with Crippen molar-refractivity contribution in [2.24, 2.45) is 11.1 Å². The van der Waals surface area contributed by atoms with Gasteiger partial charge in [0.05, 0.1) is 17.6 Å². The first kappa shape index (κ1) is 11.8. The van der Waals surface area contributed by atoms with Crippen LogP contribution in [-0.2, 0) is 6.42 Å². The van der Waals surface area contributed by atoms with Crippen molar-refractivity contribution < 1.29 is 0 Å². The molecule has 0 atom stereocenters. The van der Waals surface area contributed by atoms with Gasteiger partial charge in [-0.15, -0.1) is 5.10 Å². The van der Waals surface area contributed by atoms with Gasteiger partial charge in [0, 0.05) is 0 Å². The Hall–Kier alpha value is -1.68. The zero-order chi connectivity index (χ0) is 12.3. The highest BCUT2D eigenvalue weighted by atomic mass is 15.4. The number of rotatable bonds is 4. The van der Waals surface area contributed by atoms with E-state index in [-0.39, 0.29) is 5.41 Å². The molecule has 2 N–H and O–H groups in total. The van der Waals surface area contributed by atoms with Gasteiger partial charge in [-0.2, -0.15) is 0 Å². The Balaban J connectivity index is 2.17. The Kier molecular flexibility index (Phi) is 3.24. The maximum Gasteiger partial charge on any atom is 0.0837 e. The van der Waals surface area contributed by atoms with E-state index >= 15 is 0 Å². The van der Waals surface area contributed by atoms with Crippen LogP contribution >= 0.6 is 0 Å². The summed E-state index contributed by atoms with van der Waals surface area (Å²) in [6.45, 7) is 4.91. The van der Waals surface area contributed by atoms with Crippen LogP contribution in [0.25, 0.3) is 5.69 Å². The molecule has 0 saturated heterocycles. The number of benzene rings is 1. The van der Waals surface area contributed by atoms with Gasteiger partial charge in [0.25, 0.3) is 0 Å². The Morgan fingerprint density at radius 1 is 1.24 bits per heavy atom. The second-order valence-electron chi connectivity index (χ2n) is 5.04. The zero-order valence-corrected chi connectivity index (χ0v) is 10.3. The van der Waals surface area contributed by atoms with E-state index in [0.29, 0.717) is 6.54 Å². The fourth-order valence-electron chi connectivity index (χ4n) is 1.65. The van der Waals surface area contributed by atoms with E-state index in [4.69, 9.17) is 5.73 Å². The van der Waals surface area contributed by atoms with Crippen molar-refractivity contribution in [2.45, 2.75) is 20.3 Å². The quantitative estimate of drug-likeness (QED) is 0.871. The van der Waals surface area contributed by atoms with Crippen LogP contribution in [0.5, 0.6) is 0 Å². The largest absolute Gasteiger partial charge is 0.330 e. The summed E-state index contributed by atoms with van der Waals surface area (Å²) < 4.78 is 1.79. The molecule has 1 aromatic heterocycles. The normalized spacial score (nSPS) is 11.7. The molecular weight excluding hydrogens is 212 g/mol. The summed E-state index contributed by atoms with van der Waals surface area (Å²) in [5.41, 5.74) is 7.79. The zero-order valence-electron chi connectivity index (χ0n) is 10.3. The molecular formula is C13H18N4. The first-order valence-corrected chi connectivity index (χ1v) is 5.77. The van der Waals surface area contributed by atoms with Crippen molar-refractivity contribution in [1.82, 2.24) is 15.0 Å². The van der Waals surface area contributed by atoms with Crippen molar-refractivity contribution in [3.8, 4) is 5.69 Å². The summed E-state index contributed by atoms with van der Waals surface area (Å²) in [5.74, 6) is 0. The molecule has 0 aliphatic rings. The molecule has 4 heteroatoms. The Morgan fingerprint density at radius 2 is 1.94 bits per heavy atom. The second-order valence-corrected chi connectivity index (χ2v) is 5.04. The van der Waals surface area contributed by atoms with Crippen molar-refractivity contribution >= 4 is 0 Å². The Labute approximate surface area is 101 Å². The van der Waals surface area contributed by atoms with E-state index in [1.165, 1.54) is 0 Å². The average Bonchev–Trinajstić information content (AvgIpc) is 2.78.